The molecule has 3 heterocycles. The van der Waals surface area contributed by atoms with E-state index < -0.39 is 72.8 Å². The lowest BCUT2D eigenvalue weighted by Crippen LogP contribution is -2.51. The van der Waals surface area contributed by atoms with Crippen LogP contribution in [-0.4, -0.2) is 79.4 Å². The molecule has 3 saturated heterocycles. The van der Waals surface area contributed by atoms with E-state index in [1.54, 1.807) is 27.7 Å². The normalized spacial score (nSPS) is 27.6. The maximum Gasteiger partial charge on any atom is 0.407 e. The first kappa shape index (κ1) is 30.9. The van der Waals surface area contributed by atoms with Crippen molar-refractivity contribution in [2.75, 3.05) is 13.2 Å². The predicted octanol–water partition coefficient (Wildman–Crippen LogP) is 2.58. The molecule has 232 valence electrons. The summed E-state index contributed by atoms with van der Waals surface area (Å²) in [5.41, 5.74) is 1.61. The standard InChI is InChI=1S/C31H38N2O10/c1-30(2)38-18-22(41-30)24-25(26-28(40-24)43-31(3,4)42-26)39-27(35)21(15-19-11-7-5-8-12-19)33-23(34)16-32-29(36)37-17-20-13-9-6-10-14-20/h5-14,21-22,24-26,28H,15-18H2,1-4H3,(H,32,36)(H,33,34). The van der Waals surface area contributed by atoms with Gasteiger partial charge in [0.25, 0.3) is 0 Å². The summed E-state index contributed by atoms with van der Waals surface area (Å²) < 4.78 is 41.0. The minimum atomic E-state index is -1.08. The van der Waals surface area contributed by atoms with Crippen LogP contribution in [0.25, 0.3) is 0 Å². The number of carbonyl (C=O) groups is 3. The summed E-state index contributed by atoms with van der Waals surface area (Å²) >= 11 is 0. The number of esters is 1. The van der Waals surface area contributed by atoms with Crippen molar-refractivity contribution in [2.24, 2.45) is 0 Å². The van der Waals surface area contributed by atoms with E-state index in [-0.39, 0.29) is 19.6 Å². The highest BCUT2D eigenvalue weighted by Gasteiger charge is 2.60. The minimum absolute atomic E-state index is 0.0551. The van der Waals surface area contributed by atoms with Gasteiger partial charge < -0.3 is 43.8 Å². The summed E-state index contributed by atoms with van der Waals surface area (Å²) in [4.78, 5) is 38.7. The number of nitrogens with one attached hydrogen (secondary N) is 2. The molecule has 0 spiro atoms. The maximum absolute atomic E-state index is 13.7. The fourth-order valence-electron chi connectivity index (χ4n) is 5.25. The number of hydrogen-bond donors (Lipinski definition) is 2. The molecule has 0 aromatic heterocycles. The van der Waals surface area contributed by atoms with E-state index in [9.17, 15) is 14.4 Å². The van der Waals surface area contributed by atoms with E-state index in [1.165, 1.54) is 0 Å². The molecule has 3 aliphatic rings. The van der Waals surface area contributed by atoms with E-state index in [4.69, 9.17) is 33.2 Å². The molecular weight excluding hydrogens is 560 g/mol. The molecule has 3 aliphatic heterocycles. The number of benzene rings is 2. The number of fused-ring (bicyclic) bond motifs is 1. The van der Waals surface area contributed by atoms with Gasteiger partial charge in [0.2, 0.25) is 5.91 Å². The Balaban J connectivity index is 1.24. The third-order valence-corrected chi connectivity index (χ3v) is 7.18. The zero-order valence-electron chi connectivity index (χ0n) is 24.6. The molecule has 2 amide bonds. The van der Waals surface area contributed by atoms with Gasteiger partial charge in [0.1, 0.15) is 31.4 Å². The van der Waals surface area contributed by atoms with Gasteiger partial charge in [-0.2, -0.15) is 0 Å². The van der Waals surface area contributed by atoms with Crippen LogP contribution >= 0.6 is 0 Å². The molecule has 3 fully saturated rings. The van der Waals surface area contributed by atoms with Crippen molar-refractivity contribution in [3.63, 3.8) is 0 Å². The summed E-state index contributed by atoms with van der Waals surface area (Å²) in [5.74, 6) is -3.08. The molecule has 43 heavy (non-hydrogen) atoms. The lowest BCUT2D eigenvalue weighted by atomic mass is 10.0. The minimum Gasteiger partial charge on any atom is -0.455 e. The highest BCUT2D eigenvalue weighted by Crippen LogP contribution is 2.42. The number of alkyl carbamates (subject to hydrolysis) is 1. The molecule has 6 unspecified atom stereocenters. The van der Waals surface area contributed by atoms with Crippen molar-refractivity contribution in [3.8, 4) is 0 Å². The first-order chi connectivity index (χ1) is 20.5. The monoisotopic (exact) mass is 598 g/mol. The maximum atomic E-state index is 13.7. The number of carbonyl (C=O) groups excluding carboxylic acids is 3. The Morgan fingerprint density at radius 2 is 1.56 bits per heavy atom. The van der Waals surface area contributed by atoms with Crippen LogP contribution in [0.2, 0.25) is 0 Å². The van der Waals surface area contributed by atoms with Gasteiger partial charge in [0, 0.05) is 6.42 Å². The van der Waals surface area contributed by atoms with Crippen LogP contribution < -0.4 is 10.6 Å². The largest absolute Gasteiger partial charge is 0.455 e. The van der Waals surface area contributed by atoms with Crippen LogP contribution in [0.15, 0.2) is 60.7 Å². The molecule has 0 bridgehead atoms. The van der Waals surface area contributed by atoms with Crippen LogP contribution in [0.5, 0.6) is 0 Å². The van der Waals surface area contributed by atoms with Crippen molar-refractivity contribution < 1.29 is 47.5 Å². The second kappa shape index (κ2) is 13.0. The molecule has 2 N–H and O–H groups in total. The van der Waals surface area contributed by atoms with E-state index in [1.807, 2.05) is 60.7 Å². The smallest absolute Gasteiger partial charge is 0.407 e. The topological polar surface area (TPSA) is 140 Å². The van der Waals surface area contributed by atoms with E-state index in [0.717, 1.165) is 11.1 Å². The van der Waals surface area contributed by atoms with Gasteiger partial charge in [-0.25, -0.2) is 9.59 Å². The third-order valence-electron chi connectivity index (χ3n) is 7.18. The van der Waals surface area contributed by atoms with Crippen LogP contribution in [0.4, 0.5) is 4.79 Å². The van der Waals surface area contributed by atoms with Gasteiger partial charge in [-0.3, -0.25) is 4.79 Å². The lowest BCUT2D eigenvalue weighted by Gasteiger charge is -2.30. The Bertz CT molecular complexity index is 1270. The Morgan fingerprint density at radius 3 is 2.21 bits per heavy atom. The highest BCUT2D eigenvalue weighted by atomic mass is 16.8. The van der Waals surface area contributed by atoms with Gasteiger partial charge in [0.15, 0.2) is 30.1 Å². The Hall–Kier alpha value is -3.55. The number of hydrogen-bond acceptors (Lipinski definition) is 10. The number of ether oxygens (including phenoxy) is 7. The highest BCUT2D eigenvalue weighted by molar-refractivity contribution is 5.87. The molecule has 12 nitrogen and oxygen atoms in total. The summed E-state index contributed by atoms with van der Waals surface area (Å²) in [7, 11) is 0. The summed E-state index contributed by atoms with van der Waals surface area (Å²) in [6.07, 6.45) is -4.28. The van der Waals surface area contributed by atoms with Crippen molar-refractivity contribution in [1.82, 2.24) is 10.6 Å². The average molecular weight is 599 g/mol. The predicted molar refractivity (Wildman–Crippen MR) is 150 cm³/mol. The van der Waals surface area contributed by atoms with Crippen molar-refractivity contribution in [1.29, 1.82) is 0 Å². The van der Waals surface area contributed by atoms with Gasteiger partial charge >= 0.3 is 12.1 Å². The van der Waals surface area contributed by atoms with Crippen molar-refractivity contribution >= 4 is 18.0 Å². The zero-order chi connectivity index (χ0) is 30.6. The molecule has 0 saturated carbocycles. The first-order valence-corrected chi connectivity index (χ1v) is 14.3. The van der Waals surface area contributed by atoms with E-state index in [2.05, 4.69) is 10.6 Å². The first-order valence-electron chi connectivity index (χ1n) is 14.3. The lowest BCUT2D eigenvalue weighted by molar-refractivity contribution is -0.235. The van der Waals surface area contributed by atoms with Gasteiger partial charge in [0.05, 0.1) is 6.61 Å². The van der Waals surface area contributed by atoms with Crippen LogP contribution in [0.3, 0.4) is 0 Å². The second-order valence-corrected chi connectivity index (χ2v) is 11.6. The van der Waals surface area contributed by atoms with Crippen molar-refractivity contribution in [2.45, 2.75) is 89.0 Å². The average Bonchev–Trinajstić information content (AvgIpc) is 3.60. The molecule has 2 aromatic carbocycles. The molecular formula is C31H38N2O10. The fourth-order valence-corrected chi connectivity index (χ4v) is 5.25. The van der Waals surface area contributed by atoms with E-state index in [0.29, 0.717) is 0 Å². The van der Waals surface area contributed by atoms with Gasteiger partial charge in [-0.1, -0.05) is 60.7 Å². The molecule has 6 atom stereocenters. The van der Waals surface area contributed by atoms with Crippen LogP contribution in [0.1, 0.15) is 38.8 Å². The Labute approximate surface area is 250 Å². The SMILES string of the molecule is CC1(C)OCC(C2OC3OC(C)(C)OC3C2OC(=O)C(Cc2ccccc2)NC(=O)CNC(=O)OCc2ccccc2)O1. The molecule has 0 radical (unpaired) electrons. The van der Waals surface area contributed by atoms with Gasteiger partial charge in [-0.05, 0) is 38.8 Å². The molecule has 0 aliphatic carbocycles. The third kappa shape index (κ3) is 8.09. The number of rotatable bonds is 10. The Kier molecular flexibility index (Phi) is 9.33. The van der Waals surface area contributed by atoms with E-state index >= 15 is 0 Å². The van der Waals surface area contributed by atoms with Crippen LogP contribution in [0, 0.1) is 0 Å². The summed E-state index contributed by atoms with van der Waals surface area (Å²) in [6.45, 7) is 6.95. The Morgan fingerprint density at radius 1 is 0.884 bits per heavy atom. The summed E-state index contributed by atoms with van der Waals surface area (Å²) in [5, 5.41) is 5.10. The second-order valence-electron chi connectivity index (χ2n) is 11.6. The van der Waals surface area contributed by atoms with Crippen LogP contribution in [-0.2, 0) is 55.8 Å². The molecule has 2 aromatic rings. The fraction of sp³-hybridized carbons (Fsp3) is 0.516. The molecule has 5 rings (SSSR count). The zero-order valence-corrected chi connectivity index (χ0v) is 24.6. The number of amides is 2. The summed E-state index contributed by atoms with van der Waals surface area (Å²) in [6, 6.07) is 17.3. The quantitative estimate of drug-likeness (QED) is 0.392. The molecule has 12 heteroatoms. The van der Waals surface area contributed by atoms with Crippen molar-refractivity contribution in [3.05, 3.63) is 71.8 Å². The van der Waals surface area contributed by atoms with Gasteiger partial charge in [-0.15, -0.1) is 0 Å².